The summed E-state index contributed by atoms with van der Waals surface area (Å²) in [6.45, 7) is -0.204. The molecule has 0 saturated carbocycles. The van der Waals surface area contributed by atoms with Gasteiger partial charge in [-0.2, -0.15) is 0 Å². The quantitative estimate of drug-likeness (QED) is 0.894. The van der Waals surface area contributed by atoms with Crippen molar-refractivity contribution < 1.29 is 17.9 Å². The standard InChI is InChI=1S/C11H13NO4S/c1-12(2)17(14,15)10-3-4-11-8(6-10)5-9(7-13)16-11/h3-6,13H,7H2,1-2H3. The maximum Gasteiger partial charge on any atom is 0.242 e. The van der Waals surface area contributed by atoms with Crippen LogP contribution in [0.3, 0.4) is 0 Å². The van der Waals surface area contributed by atoms with Gasteiger partial charge in [-0.15, -0.1) is 0 Å². The molecule has 6 heteroatoms. The largest absolute Gasteiger partial charge is 0.459 e. The van der Waals surface area contributed by atoms with Crippen LogP contribution in [0.15, 0.2) is 33.6 Å². The number of hydrogen-bond acceptors (Lipinski definition) is 4. The van der Waals surface area contributed by atoms with Crippen LogP contribution in [0.4, 0.5) is 0 Å². The predicted octanol–water partition coefficient (Wildman–Crippen LogP) is 1.18. The van der Waals surface area contributed by atoms with Gasteiger partial charge in [0.25, 0.3) is 0 Å². The van der Waals surface area contributed by atoms with E-state index in [1.54, 1.807) is 12.1 Å². The number of sulfonamides is 1. The van der Waals surface area contributed by atoms with Crippen molar-refractivity contribution in [1.29, 1.82) is 0 Å². The number of aliphatic hydroxyl groups is 1. The van der Waals surface area contributed by atoms with Crippen LogP contribution in [-0.4, -0.2) is 31.9 Å². The van der Waals surface area contributed by atoms with Gasteiger partial charge in [-0.1, -0.05) is 0 Å². The van der Waals surface area contributed by atoms with Crippen molar-refractivity contribution in [2.75, 3.05) is 14.1 Å². The Hall–Kier alpha value is -1.37. The molecule has 0 amide bonds. The molecule has 0 saturated heterocycles. The molecule has 1 aromatic carbocycles. The summed E-state index contributed by atoms with van der Waals surface area (Å²) in [6.07, 6.45) is 0. The van der Waals surface area contributed by atoms with Gasteiger partial charge in [0.1, 0.15) is 18.0 Å². The molecule has 1 N–H and O–H groups in total. The molecule has 0 fully saturated rings. The van der Waals surface area contributed by atoms with Crippen LogP contribution in [0.2, 0.25) is 0 Å². The third-order valence-electron chi connectivity index (χ3n) is 2.47. The summed E-state index contributed by atoms with van der Waals surface area (Å²) in [7, 11) is -0.476. The first-order valence-corrected chi connectivity index (χ1v) is 6.45. The van der Waals surface area contributed by atoms with Gasteiger partial charge >= 0.3 is 0 Å². The maximum absolute atomic E-state index is 11.9. The molecule has 1 heterocycles. The molecule has 92 valence electrons. The van der Waals surface area contributed by atoms with Gasteiger partial charge in [0, 0.05) is 19.5 Å². The molecule has 0 aliphatic heterocycles. The zero-order valence-corrected chi connectivity index (χ0v) is 10.4. The van der Waals surface area contributed by atoms with E-state index in [2.05, 4.69) is 0 Å². The van der Waals surface area contributed by atoms with E-state index >= 15 is 0 Å². The fourth-order valence-corrected chi connectivity index (χ4v) is 2.46. The molecule has 0 radical (unpaired) electrons. The van der Waals surface area contributed by atoms with Crippen LogP contribution >= 0.6 is 0 Å². The summed E-state index contributed by atoms with van der Waals surface area (Å²) in [5.74, 6) is 0.416. The first kappa shape index (κ1) is 12.1. The lowest BCUT2D eigenvalue weighted by atomic mass is 10.2. The molecule has 1 aromatic heterocycles. The van der Waals surface area contributed by atoms with Crippen LogP contribution in [0.1, 0.15) is 5.76 Å². The maximum atomic E-state index is 11.9. The van der Waals surface area contributed by atoms with E-state index in [1.807, 2.05) is 0 Å². The van der Waals surface area contributed by atoms with Gasteiger partial charge in [-0.25, -0.2) is 12.7 Å². The predicted molar refractivity (Wildman–Crippen MR) is 63.0 cm³/mol. The third-order valence-corrected chi connectivity index (χ3v) is 4.28. The second-order valence-electron chi connectivity index (χ2n) is 3.86. The molecule has 0 aliphatic carbocycles. The molecule has 0 unspecified atom stereocenters. The van der Waals surface area contributed by atoms with Crippen LogP contribution in [-0.2, 0) is 16.6 Å². The highest BCUT2D eigenvalue weighted by Gasteiger charge is 2.18. The topological polar surface area (TPSA) is 70.8 Å². The van der Waals surface area contributed by atoms with Crippen molar-refractivity contribution in [3.8, 4) is 0 Å². The molecule has 0 atom stereocenters. The third kappa shape index (κ3) is 2.06. The Kier molecular flexibility index (Phi) is 2.94. The number of rotatable bonds is 3. The van der Waals surface area contributed by atoms with Crippen molar-refractivity contribution in [3.63, 3.8) is 0 Å². The summed E-state index contributed by atoms with van der Waals surface area (Å²) in [5, 5.41) is 9.60. The zero-order valence-electron chi connectivity index (χ0n) is 9.54. The fourth-order valence-electron chi connectivity index (χ4n) is 1.53. The normalized spacial score (nSPS) is 12.5. The number of fused-ring (bicyclic) bond motifs is 1. The minimum atomic E-state index is -3.44. The van der Waals surface area contributed by atoms with E-state index in [4.69, 9.17) is 9.52 Å². The summed E-state index contributed by atoms with van der Waals surface area (Å²) >= 11 is 0. The lowest BCUT2D eigenvalue weighted by molar-refractivity contribution is 0.251. The van der Waals surface area contributed by atoms with E-state index in [9.17, 15) is 8.42 Å². The molecule has 2 aromatic rings. The average Bonchev–Trinajstić information content (AvgIpc) is 2.70. The van der Waals surface area contributed by atoms with Crippen molar-refractivity contribution in [2.24, 2.45) is 0 Å². The van der Waals surface area contributed by atoms with Crippen LogP contribution in [0, 0.1) is 0 Å². The van der Waals surface area contributed by atoms with E-state index in [-0.39, 0.29) is 11.5 Å². The van der Waals surface area contributed by atoms with Crippen LogP contribution in [0.25, 0.3) is 11.0 Å². The van der Waals surface area contributed by atoms with Gasteiger partial charge < -0.3 is 9.52 Å². The highest BCUT2D eigenvalue weighted by atomic mass is 32.2. The van der Waals surface area contributed by atoms with Gasteiger partial charge in [0.15, 0.2) is 0 Å². The number of hydrogen-bond donors (Lipinski definition) is 1. The van der Waals surface area contributed by atoms with E-state index in [0.29, 0.717) is 16.7 Å². The van der Waals surface area contributed by atoms with Gasteiger partial charge in [-0.05, 0) is 24.3 Å². The van der Waals surface area contributed by atoms with Crippen molar-refractivity contribution in [3.05, 3.63) is 30.0 Å². The summed E-state index contributed by atoms with van der Waals surface area (Å²) in [4.78, 5) is 0.209. The highest BCUT2D eigenvalue weighted by Crippen LogP contribution is 2.24. The molecule has 17 heavy (non-hydrogen) atoms. The Morgan fingerprint density at radius 3 is 2.59 bits per heavy atom. The molecular weight excluding hydrogens is 242 g/mol. The summed E-state index contributed by atoms with van der Waals surface area (Å²) in [5.41, 5.74) is 0.562. The van der Waals surface area contributed by atoms with E-state index in [0.717, 1.165) is 4.31 Å². The first-order valence-electron chi connectivity index (χ1n) is 5.01. The number of benzene rings is 1. The lowest BCUT2D eigenvalue weighted by Gasteiger charge is -2.10. The molecular formula is C11H13NO4S. The van der Waals surface area contributed by atoms with Gasteiger partial charge in [-0.3, -0.25) is 0 Å². The van der Waals surface area contributed by atoms with E-state index < -0.39 is 10.0 Å². The second-order valence-corrected chi connectivity index (χ2v) is 6.01. The SMILES string of the molecule is CN(C)S(=O)(=O)c1ccc2oc(CO)cc2c1. The van der Waals surface area contributed by atoms with Crippen molar-refractivity contribution in [1.82, 2.24) is 4.31 Å². The minimum absolute atomic E-state index is 0.204. The Morgan fingerprint density at radius 2 is 2.00 bits per heavy atom. The molecule has 0 aliphatic rings. The summed E-state index contributed by atoms with van der Waals surface area (Å²) in [6, 6.07) is 6.24. The Morgan fingerprint density at radius 1 is 1.29 bits per heavy atom. The highest BCUT2D eigenvalue weighted by molar-refractivity contribution is 7.89. The van der Waals surface area contributed by atoms with Gasteiger partial charge in [0.05, 0.1) is 4.90 Å². The minimum Gasteiger partial charge on any atom is -0.459 e. The zero-order chi connectivity index (χ0) is 12.6. The fraction of sp³-hybridized carbons (Fsp3) is 0.273. The smallest absolute Gasteiger partial charge is 0.242 e. The average molecular weight is 255 g/mol. The van der Waals surface area contributed by atoms with E-state index in [1.165, 1.54) is 26.2 Å². The monoisotopic (exact) mass is 255 g/mol. The van der Waals surface area contributed by atoms with Crippen molar-refractivity contribution in [2.45, 2.75) is 11.5 Å². The van der Waals surface area contributed by atoms with Gasteiger partial charge in [0.2, 0.25) is 10.0 Å². The molecule has 2 rings (SSSR count). The number of aliphatic hydroxyl groups excluding tert-OH is 1. The lowest BCUT2D eigenvalue weighted by Crippen LogP contribution is -2.22. The molecule has 0 spiro atoms. The first-order chi connectivity index (χ1) is 7.95. The van der Waals surface area contributed by atoms with Crippen LogP contribution < -0.4 is 0 Å². The number of nitrogens with zero attached hydrogens (tertiary/aromatic N) is 1. The van der Waals surface area contributed by atoms with Crippen molar-refractivity contribution >= 4 is 21.0 Å². The van der Waals surface area contributed by atoms with Crippen LogP contribution in [0.5, 0.6) is 0 Å². The summed E-state index contributed by atoms with van der Waals surface area (Å²) < 4.78 is 30.2. The molecule has 0 bridgehead atoms. The second kappa shape index (κ2) is 4.14. The Bertz CT molecular complexity index is 643. The Balaban J connectivity index is 2.59. The number of furan rings is 1. The Labute approximate surface area is 99.3 Å². The molecule has 5 nitrogen and oxygen atoms in total.